The van der Waals surface area contributed by atoms with Crippen LogP contribution in [0.15, 0.2) is 12.7 Å². The third-order valence-electron chi connectivity index (χ3n) is 4.03. The van der Waals surface area contributed by atoms with Gasteiger partial charge in [-0.15, -0.1) is 6.58 Å². The number of ether oxygens (including phenoxy) is 3. The van der Waals surface area contributed by atoms with Gasteiger partial charge < -0.3 is 14.2 Å². The molecule has 4 nitrogen and oxygen atoms in total. The number of carbonyl (C=O) groups excluding carboxylic acids is 1. The van der Waals surface area contributed by atoms with E-state index in [1.165, 1.54) is 0 Å². The molecule has 2 fully saturated rings. The molecule has 1 saturated heterocycles. The Bertz CT molecular complexity index is 308. The summed E-state index contributed by atoms with van der Waals surface area (Å²) in [6.45, 7) is 7.35. The third-order valence-corrected chi connectivity index (χ3v) is 4.03. The molecule has 0 bridgehead atoms. The Balaban J connectivity index is 2.05. The topological polar surface area (TPSA) is 44.8 Å². The quantitative estimate of drug-likeness (QED) is 0.571. The Kier molecular flexibility index (Phi) is 4.07. The van der Waals surface area contributed by atoms with Crippen molar-refractivity contribution < 1.29 is 19.0 Å². The molecule has 2 aliphatic rings. The second-order valence-corrected chi connectivity index (χ2v) is 5.10. The zero-order chi connectivity index (χ0) is 13.1. The number of hydrogen-bond donors (Lipinski definition) is 0. The minimum absolute atomic E-state index is 0.0993. The van der Waals surface area contributed by atoms with Crippen LogP contribution < -0.4 is 0 Å². The van der Waals surface area contributed by atoms with Crippen molar-refractivity contribution >= 4 is 5.97 Å². The predicted octanol–water partition coefficient (Wildman–Crippen LogP) is 2.43. The molecule has 2 rings (SSSR count). The molecule has 0 radical (unpaired) electrons. The standard InChI is InChI=1S/C14H22O4/c1-3-5-13(12(15)16-4-2)6-8-14(9-7-13)17-10-11-18-14/h3H,1,4-11H2,2H3. The van der Waals surface area contributed by atoms with Crippen molar-refractivity contribution in [3.8, 4) is 0 Å². The number of rotatable bonds is 4. The molecule has 18 heavy (non-hydrogen) atoms. The number of hydrogen-bond acceptors (Lipinski definition) is 4. The number of esters is 1. The summed E-state index contributed by atoms with van der Waals surface area (Å²) in [5, 5.41) is 0. The zero-order valence-corrected chi connectivity index (χ0v) is 11.1. The predicted molar refractivity (Wildman–Crippen MR) is 67.0 cm³/mol. The molecule has 4 heteroatoms. The van der Waals surface area contributed by atoms with Crippen molar-refractivity contribution in [3.63, 3.8) is 0 Å². The molecular weight excluding hydrogens is 232 g/mol. The normalized spacial score (nSPS) is 24.9. The van der Waals surface area contributed by atoms with Crippen LogP contribution in [-0.2, 0) is 19.0 Å². The summed E-state index contributed by atoms with van der Waals surface area (Å²) in [5.74, 6) is -0.533. The van der Waals surface area contributed by atoms with Crippen molar-refractivity contribution in [2.75, 3.05) is 19.8 Å². The van der Waals surface area contributed by atoms with Crippen molar-refractivity contribution in [2.45, 2.75) is 44.8 Å². The average Bonchev–Trinajstić information content (AvgIpc) is 2.82. The summed E-state index contributed by atoms with van der Waals surface area (Å²) in [6.07, 6.45) is 5.50. The van der Waals surface area contributed by atoms with Gasteiger partial charge in [0.1, 0.15) is 0 Å². The maximum atomic E-state index is 12.2. The van der Waals surface area contributed by atoms with E-state index in [4.69, 9.17) is 14.2 Å². The maximum absolute atomic E-state index is 12.2. The number of allylic oxidation sites excluding steroid dienone is 1. The van der Waals surface area contributed by atoms with Crippen LogP contribution in [0.4, 0.5) is 0 Å². The van der Waals surface area contributed by atoms with Crippen LogP contribution in [0.1, 0.15) is 39.0 Å². The zero-order valence-electron chi connectivity index (χ0n) is 11.1. The second-order valence-electron chi connectivity index (χ2n) is 5.10. The maximum Gasteiger partial charge on any atom is 0.312 e. The Morgan fingerprint density at radius 3 is 2.39 bits per heavy atom. The van der Waals surface area contributed by atoms with E-state index in [0.717, 1.165) is 25.7 Å². The van der Waals surface area contributed by atoms with Crippen molar-refractivity contribution in [1.29, 1.82) is 0 Å². The van der Waals surface area contributed by atoms with Gasteiger partial charge in [0.05, 0.1) is 25.2 Å². The first-order valence-corrected chi connectivity index (χ1v) is 6.72. The summed E-state index contributed by atoms with van der Waals surface area (Å²) in [4.78, 5) is 12.2. The van der Waals surface area contributed by atoms with Crippen molar-refractivity contribution in [1.82, 2.24) is 0 Å². The van der Waals surface area contributed by atoms with Gasteiger partial charge in [0.2, 0.25) is 0 Å². The molecule has 1 saturated carbocycles. The lowest BCUT2D eigenvalue weighted by molar-refractivity contribution is -0.199. The first-order valence-electron chi connectivity index (χ1n) is 6.72. The van der Waals surface area contributed by atoms with Crippen molar-refractivity contribution in [3.05, 3.63) is 12.7 Å². The summed E-state index contributed by atoms with van der Waals surface area (Å²) in [7, 11) is 0. The highest BCUT2D eigenvalue weighted by atomic mass is 16.7. The molecule has 0 aromatic rings. The minimum Gasteiger partial charge on any atom is -0.466 e. The van der Waals surface area contributed by atoms with E-state index in [2.05, 4.69) is 6.58 Å². The van der Waals surface area contributed by atoms with Gasteiger partial charge in [0.15, 0.2) is 5.79 Å². The van der Waals surface area contributed by atoms with Crippen LogP contribution in [0.3, 0.4) is 0 Å². The fourth-order valence-corrected chi connectivity index (χ4v) is 2.95. The Hall–Kier alpha value is -0.870. The Labute approximate surface area is 108 Å². The minimum atomic E-state index is -0.433. The van der Waals surface area contributed by atoms with Gasteiger partial charge in [-0.2, -0.15) is 0 Å². The van der Waals surface area contributed by atoms with Crippen LogP contribution in [0.5, 0.6) is 0 Å². The number of carbonyl (C=O) groups is 1. The third kappa shape index (κ3) is 2.45. The second kappa shape index (κ2) is 5.41. The smallest absolute Gasteiger partial charge is 0.312 e. The van der Waals surface area contributed by atoms with Gasteiger partial charge in [-0.1, -0.05) is 6.08 Å². The Morgan fingerprint density at radius 2 is 1.89 bits per heavy atom. The molecule has 0 atom stereocenters. The SMILES string of the molecule is C=CCC1(C(=O)OCC)CCC2(CC1)OCCO2. The van der Waals surface area contributed by atoms with Crippen LogP contribution in [0, 0.1) is 5.41 Å². The fraction of sp³-hybridized carbons (Fsp3) is 0.786. The molecule has 0 aromatic carbocycles. The van der Waals surface area contributed by atoms with Gasteiger partial charge in [-0.25, -0.2) is 0 Å². The van der Waals surface area contributed by atoms with E-state index < -0.39 is 11.2 Å². The molecule has 0 amide bonds. The highest BCUT2D eigenvalue weighted by Gasteiger charge is 2.49. The molecule has 1 heterocycles. The summed E-state index contributed by atoms with van der Waals surface area (Å²) in [5.41, 5.74) is -0.418. The molecular formula is C14H22O4. The largest absolute Gasteiger partial charge is 0.466 e. The fourth-order valence-electron chi connectivity index (χ4n) is 2.95. The van der Waals surface area contributed by atoms with Crippen LogP contribution in [0.25, 0.3) is 0 Å². The van der Waals surface area contributed by atoms with E-state index in [9.17, 15) is 4.79 Å². The van der Waals surface area contributed by atoms with Crippen molar-refractivity contribution in [2.24, 2.45) is 5.41 Å². The van der Waals surface area contributed by atoms with Gasteiger partial charge in [0, 0.05) is 12.8 Å². The molecule has 1 aliphatic carbocycles. The first kappa shape index (κ1) is 13.6. The summed E-state index contributed by atoms with van der Waals surface area (Å²) in [6, 6.07) is 0. The lowest BCUT2D eigenvalue weighted by Gasteiger charge is -2.41. The van der Waals surface area contributed by atoms with E-state index in [1.54, 1.807) is 0 Å². The summed E-state index contributed by atoms with van der Waals surface area (Å²) < 4.78 is 16.6. The van der Waals surface area contributed by atoms with Gasteiger partial charge >= 0.3 is 5.97 Å². The molecule has 0 unspecified atom stereocenters. The average molecular weight is 254 g/mol. The van der Waals surface area contributed by atoms with Gasteiger partial charge in [-0.3, -0.25) is 4.79 Å². The molecule has 102 valence electrons. The molecule has 0 N–H and O–H groups in total. The van der Waals surface area contributed by atoms with E-state index in [0.29, 0.717) is 26.2 Å². The monoisotopic (exact) mass is 254 g/mol. The van der Waals surface area contributed by atoms with E-state index in [1.807, 2.05) is 13.0 Å². The lowest BCUT2D eigenvalue weighted by atomic mass is 9.70. The van der Waals surface area contributed by atoms with Crippen LogP contribution in [0.2, 0.25) is 0 Å². The summed E-state index contributed by atoms with van der Waals surface area (Å²) >= 11 is 0. The first-order chi connectivity index (χ1) is 8.66. The molecule has 0 aromatic heterocycles. The molecule has 1 aliphatic heterocycles. The van der Waals surface area contributed by atoms with Gasteiger partial charge in [-0.05, 0) is 26.2 Å². The van der Waals surface area contributed by atoms with Gasteiger partial charge in [0.25, 0.3) is 0 Å². The van der Waals surface area contributed by atoms with Crippen LogP contribution in [-0.4, -0.2) is 31.6 Å². The highest BCUT2D eigenvalue weighted by molar-refractivity contribution is 5.77. The highest BCUT2D eigenvalue weighted by Crippen LogP contribution is 2.47. The lowest BCUT2D eigenvalue weighted by Crippen LogP contribution is -2.44. The Morgan fingerprint density at radius 1 is 1.28 bits per heavy atom. The van der Waals surface area contributed by atoms with E-state index in [-0.39, 0.29) is 5.97 Å². The van der Waals surface area contributed by atoms with Crippen LogP contribution >= 0.6 is 0 Å². The van der Waals surface area contributed by atoms with E-state index >= 15 is 0 Å². The molecule has 1 spiro atoms.